The number of nitrogens with one attached hydrogen (secondary N) is 1. The third-order valence-corrected chi connectivity index (χ3v) is 4.03. The molecule has 0 saturated heterocycles. The molecule has 134 valence electrons. The summed E-state index contributed by atoms with van der Waals surface area (Å²) in [5.74, 6) is 0.115. The smallest absolute Gasteiger partial charge is 0.253 e. The zero-order valence-electron chi connectivity index (χ0n) is 13.8. The minimum Gasteiger partial charge on any atom is -0.493 e. The third-order valence-electron chi connectivity index (χ3n) is 3.43. The Kier molecular flexibility index (Phi) is 6.33. The van der Waals surface area contributed by atoms with Gasteiger partial charge in [0.2, 0.25) is 5.75 Å². The van der Waals surface area contributed by atoms with Crippen molar-refractivity contribution in [2.75, 3.05) is 21.3 Å². The maximum absolute atomic E-state index is 13.5. The fourth-order valence-electron chi connectivity index (χ4n) is 2.21. The molecule has 25 heavy (non-hydrogen) atoms. The molecule has 2 aromatic rings. The van der Waals surface area contributed by atoms with Crippen LogP contribution in [0.3, 0.4) is 0 Å². The molecule has 8 heteroatoms. The van der Waals surface area contributed by atoms with Crippen molar-refractivity contribution < 1.29 is 23.4 Å². The Morgan fingerprint density at radius 1 is 1.00 bits per heavy atom. The van der Waals surface area contributed by atoms with Gasteiger partial charge in [-0.3, -0.25) is 4.79 Å². The monoisotopic (exact) mass is 387 g/mol. The van der Waals surface area contributed by atoms with Gasteiger partial charge in [-0.1, -0.05) is 23.2 Å². The van der Waals surface area contributed by atoms with Gasteiger partial charge in [0.15, 0.2) is 11.5 Å². The SMILES string of the molecule is COc1cc(CNC(=O)c2cc(F)c(Cl)cc2Cl)cc(OC)c1OC. The summed E-state index contributed by atoms with van der Waals surface area (Å²) < 4.78 is 29.3. The van der Waals surface area contributed by atoms with Crippen LogP contribution in [0, 0.1) is 5.82 Å². The van der Waals surface area contributed by atoms with Gasteiger partial charge in [-0.15, -0.1) is 0 Å². The largest absolute Gasteiger partial charge is 0.493 e. The second-order valence-electron chi connectivity index (χ2n) is 4.96. The summed E-state index contributed by atoms with van der Waals surface area (Å²) >= 11 is 11.6. The maximum atomic E-state index is 13.5. The highest BCUT2D eigenvalue weighted by atomic mass is 35.5. The Hall–Kier alpha value is -2.18. The lowest BCUT2D eigenvalue weighted by Crippen LogP contribution is -2.23. The molecule has 0 aromatic heterocycles. The lowest BCUT2D eigenvalue weighted by Gasteiger charge is -2.14. The van der Waals surface area contributed by atoms with Crippen LogP contribution in [0.25, 0.3) is 0 Å². The molecule has 0 unspecified atom stereocenters. The number of hydrogen-bond donors (Lipinski definition) is 1. The average molecular weight is 388 g/mol. The molecule has 2 rings (SSSR count). The molecule has 0 radical (unpaired) electrons. The van der Waals surface area contributed by atoms with Gasteiger partial charge in [0.05, 0.1) is 36.9 Å². The van der Waals surface area contributed by atoms with E-state index in [0.29, 0.717) is 22.8 Å². The summed E-state index contributed by atoms with van der Waals surface area (Å²) in [4.78, 5) is 12.2. The summed E-state index contributed by atoms with van der Waals surface area (Å²) in [7, 11) is 4.49. The fraction of sp³-hybridized carbons (Fsp3) is 0.235. The van der Waals surface area contributed by atoms with E-state index in [1.54, 1.807) is 12.1 Å². The number of hydrogen-bond acceptors (Lipinski definition) is 4. The highest BCUT2D eigenvalue weighted by Crippen LogP contribution is 2.38. The number of rotatable bonds is 6. The average Bonchev–Trinajstić information content (AvgIpc) is 2.61. The van der Waals surface area contributed by atoms with Crippen molar-refractivity contribution >= 4 is 29.1 Å². The van der Waals surface area contributed by atoms with E-state index in [1.807, 2.05) is 0 Å². The molecule has 5 nitrogen and oxygen atoms in total. The van der Waals surface area contributed by atoms with E-state index in [1.165, 1.54) is 27.4 Å². The molecule has 0 saturated carbocycles. The molecule has 0 aliphatic heterocycles. The van der Waals surface area contributed by atoms with Crippen molar-refractivity contribution in [2.45, 2.75) is 6.54 Å². The van der Waals surface area contributed by atoms with Crippen molar-refractivity contribution in [1.82, 2.24) is 5.32 Å². The fourth-order valence-corrected chi connectivity index (χ4v) is 2.68. The van der Waals surface area contributed by atoms with Gasteiger partial charge < -0.3 is 19.5 Å². The lowest BCUT2D eigenvalue weighted by molar-refractivity contribution is 0.0950. The molecule has 0 bridgehead atoms. The van der Waals surface area contributed by atoms with E-state index >= 15 is 0 Å². The zero-order chi connectivity index (χ0) is 18.6. The lowest BCUT2D eigenvalue weighted by atomic mass is 10.1. The zero-order valence-corrected chi connectivity index (χ0v) is 15.3. The molecular formula is C17H16Cl2FNO4. The van der Waals surface area contributed by atoms with Crippen molar-refractivity contribution in [3.63, 3.8) is 0 Å². The van der Waals surface area contributed by atoms with E-state index < -0.39 is 11.7 Å². The van der Waals surface area contributed by atoms with Gasteiger partial charge in [-0.05, 0) is 29.8 Å². The summed E-state index contributed by atoms with van der Waals surface area (Å²) in [6.07, 6.45) is 0. The second-order valence-corrected chi connectivity index (χ2v) is 5.78. The van der Waals surface area contributed by atoms with Crippen LogP contribution < -0.4 is 19.5 Å². The van der Waals surface area contributed by atoms with Crippen LogP contribution in [-0.4, -0.2) is 27.2 Å². The first-order valence-electron chi connectivity index (χ1n) is 7.12. The summed E-state index contributed by atoms with van der Waals surface area (Å²) in [6.45, 7) is 0.149. The molecular weight excluding hydrogens is 372 g/mol. The van der Waals surface area contributed by atoms with E-state index in [4.69, 9.17) is 37.4 Å². The van der Waals surface area contributed by atoms with Crippen molar-refractivity contribution in [3.8, 4) is 17.2 Å². The molecule has 1 amide bonds. The van der Waals surface area contributed by atoms with Gasteiger partial charge >= 0.3 is 0 Å². The van der Waals surface area contributed by atoms with E-state index in [-0.39, 0.29) is 22.2 Å². The van der Waals surface area contributed by atoms with Crippen molar-refractivity contribution in [1.29, 1.82) is 0 Å². The summed E-state index contributed by atoms with van der Waals surface area (Å²) in [5, 5.41) is 2.57. The summed E-state index contributed by atoms with van der Waals surface area (Å²) in [5.41, 5.74) is 0.699. The standard InChI is InChI=1S/C17H16Cl2FNO4/c1-23-14-4-9(5-15(24-2)16(14)25-3)8-21-17(22)10-6-13(20)12(19)7-11(10)18/h4-7H,8H2,1-3H3,(H,21,22). The molecule has 0 aliphatic rings. The Morgan fingerprint density at radius 2 is 1.60 bits per heavy atom. The van der Waals surface area contributed by atoms with Gasteiger partial charge in [0.25, 0.3) is 5.91 Å². The van der Waals surface area contributed by atoms with Gasteiger partial charge in [-0.25, -0.2) is 4.39 Å². The molecule has 1 N–H and O–H groups in total. The minimum absolute atomic E-state index is 0.00370. The van der Waals surface area contributed by atoms with Gasteiger partial charge in [0, 0.05) is 6.54 Å². The predicted octanol–water partition coefficient (Wildman–Crippen LogP) is 4.09. The highest BCUT2D eigenvalue weighted by Gasteiger charge is 2.16. The van der Waals surface area contributed by atoms with Crippen molar-refractivity contribution in [2.24, 2.45) is 0 Å². The first-order chi connectivity index (χ1) is 11.9. The molecule has 0 spiro atoms. The Balaban J connectivity index is 2.21. The molecule has 0 atom stereocenters. The topological polar surface area (TPSA) is 56.8 Å². The van der Waals surface area contributed by atoms with E-state index in [0.717, 1.165) is 6.07 Å². The third kappa shape index (κ3) is 4.27. The van der Waals surface area contributed by atoms with Gasteiger partial charge in [-0.2, -0.15) is 0 Å². The van der Waals surface area contributed by atoms with Crippen molar-refractivity contribution in [3.05, 3.63) is 51.3 Å². The Morgan fingerprint density at radius 3 is 2.12 bits per heavy atom. The molecule has 0 heterocycles. The number of carbonyl (C=O) groups is 1. The number of methoxy groups -OCH3 is 3. The first-order valence-corrected chi connectivity index (χ1v) is 7.88. The Bertz CT molecular complexity index is 773. The van der Waals surface area contributed by atoms with Crippen LogP contribution in [0.1, 0.15) is 15.9 Å². The summed E-state index contributed by atoms with van der Waals surface area (Å²) in [6, 6.07) is 5.58. The number of halogens is 3. The Labute approximate surface area is 154 Å². The van der Waals surface area contributed by atoms with Crippen LogP contribution in [0.5, 0.6) is 17.2 Å². The van der Waals surface area contributed by atoms with E-state index in [2.05, 4.69) is 5.32 Å². The van der Waals surface area contributed by atoms with Gasteiger partial charge in [0.1, 0.15) is 5.82 Å². The van der Waals surface area contributed by atoms with Crippen LogP contribution in [-0.2, 0) is 6.54 Å². The molecule has 2 aromatic carbocycles. The highest BCUT2D eigenvalue weighted by molar-refractivity contribution is 6.36. The maximum Gasteiger partial charge on any atom is 0.253 e. The predicted molar refractivity (Wildman–Crippen MR) is 93.7 cm³/mol. The number of benzene rings is 2. The van der Waals surface area contributed by atoms with Crippen LogP contribution in [0.2, 0.25) is 10.0 Å². The number of carbonyl (C=O) groups excluding carboxylic acids is 1. The van der Waals surface area contributed by atoms with Crippen LogP contribution in [0.4, 0.5) is 4.39 Å². The normalized spacial score (nSPS) is 10.3. The van der Waals surface area contributed by atoms with E-state index in [9.17, 15) is 9.18 Å². The molecule has 0 fully saturated rings. The minimum atomic E-state index is -0.719. The number of amides is 1. The second kappa shape index (κ2) is 8.27. The quantitative estimate of drug-likeness (QED) is 0.758. The molecule has 0 aliphatic carbocycles. The van der Waals surface area contributed by atoms with Crippen LogP contribution in [0.15, 0.2) is 24.3 Å². The number of ether oxygens (including phenoxy) is 3. The first kappa shape index (κ1) is 19.1. The van der Waals surface area contributed by atoms with Crippen LogP contribution >= 0.6 is 23.2 Å².